The molecule has 1 heterocycles. The predicted octanol–water partition coefficient (Wildman–Crippen LogP) is 4.94. The molecule has 0 spiro atoms. The van der Waals surface area contributed by atoms with Gasteiger partial charge in [0.05, 0.1) is 0 Å². The molecule has 0 N–H and O–H groups in total. The molecule has 2 aromatic carbocycles. The Balaban J connectivity index is 1.93. The first kappa shape index (κ1) is 11.9. The van der Waals surface area contributed by atoms with Gasteiger partial charge in [-0.1, -0.05) is 55.9 Å². The van der Waals surface area contributed by atoms with Gasteiger partial charge in [0, 0.05) is 9.79 Å². The van der Waals surface area contributed by atoms with Crippen LogP contribution in [0.4, 0.5) is 0 Å². The largest absolute Gasteiger partial charge is 0.0895 e. The summed E-state index contributed by atoms with van der Waals surface area (Å²) >= 11 is 1.91. The van der Waals surface area contributed by atoms with E-state index in [1.165, 1.54) is 32.9 Å². The van der Waals surface area contributed by atoms with E-state index in [2.05, 4.69) is 56.3 Å². The van der Waals surface area contributed by atoms with Crippen molar-refractivity contribution in [2.75, 3.05) is 0 Å². The number of fused-ring (bicyclic) bond motifs is 2. The van der Waals surface area contributed by atoms with Crippen molar-refractivity contribution in [1.29, 1.82) is 0 Å². The predicted molar refractivity (Wildman–Crippen MR) is 78.4 cm³/mol. The Kier molecular flexibility index (Phi) is 3.17. The molecule has 0 saturated heterocycles. The van der Waals surface area contributed by atoms with Crippen molar-refractivity contribution in [2.45, 2.75) is 36.5 Å². The van der Waals surface area contributed by atoms with Gasteiger partial charge in [0.25, 0.3) is 0 Å². The maximum atomic E-state index is 2.40. The molecule has 1 aliphatic rings. The van der Waals surface area contributed by atoms with E-state index in [1.54, 1.807) is 0 Å². The number of benzene rings is 2. The van der Waals surface area contributed by atoms with Gasteiger partial charge in [-0.2, -0.15) is 0 Å². The van der Waals surface area contributed by atoms with E-state index in [0.29, 0.717) is 0 Å². The molecule has 0 saturated carbocycles. The van der Waals surface area contributed by atoms with Crippen LogP contribution in [0.25, 0.3) is 0 Å². The van der Waals surface area contributed by atoms with Crippen LogP contribution in [0.1, 0.15) is 30.5 Å². The molecule has 1 heteroatoms. The molecule has 92 valence electrons. The molecule has 0 atom stereocenters. The zero-order valence-electron chi connectivity index (χ0n) is 10.9. The van der Waals surface area contributed by atoms with Crippen LogP contribution >= 0.6 is 11.8 Å². The van der Waals surface area contributed by atoms with Crippen molar-refractivity contribution in [2.24, 2.45) is 5.92 Å². The van der Waals surface area contributed by atoms with E-state index < -0.39 is 0 Å². The summed E-state index contributed by atoms with van der Waals surface area (Å²) in [7, 11) is 0. The molecular formula is C17H18S. The lowest BCUT2D eigenvalue weighted by Gasteiger charge is -2.19. The minimum Gasteiger partial charge on any atom is -0.0895 e. The van der Waals surface area contributed by atoms with Crippen LogP contribution < -0.4 is 0 Å². The van der Waals surface area contributed by atoms with Crippen LogP contribution in [-0.4, -0.2) is 0 Å². The zero-order valence-corrected chi connectivity index (χ0v) is 11.8. The van der Waals surface area contributed by atoms with Gasteiger partial charge in [0.2, 0.25) is 0 Å². The van der Waals surface area contributed by atoms with Gasteiger partial charge in [0.1, 0.15) is 0 Å². The summed E-state index contributed by atoms with van der Waals surface area (Å²) in [6.45, 7) is 4.56. The summed E-state index contributed by atoms with van der Waals surface area (Å²) in [5, 5.41) is 0. The smallest absolute Gasteiger partial charge is 0.0158 e. The standard InChI is InChI=1S/C17H18S/c1-12(2)9-13-7-8-17-15(10-13)11-14-5-3-4-6-16(14)18-17/h3-8,10,12H,9,11H2,1-2H3. The molecule has 0 bridgehead atoms. The molecule has 18 heavy (non-hydrogen) atoms. The number of hydrogen-bond donors (Lipinski definition) is 0. The molecule has 3 rings (SSSR count). The monoisotopic (exact) mass is 254 g/mol. The normalized spacial score (nSPS) is 13.3. The van der Waals surface area contributed by atoms with Gasteiger partial charge in [-0.25, -0.2) is 0 Å². The second kappa shape index (κ2) is 4.81. The molecule has 0 unspecified atom stereocenters. The molecule has 0 radical (unpaired) electrons. The maximum absolute atomic E-state index is 2.40. The highest BCUT2D eigenvalue weighted by molar-refractivity contribution is 7.99. The van der Waals surface area contributed by atoms with Crippen LogP contribution in [0.15, 0.2) is 52.3 Å². The van der Waals surface area contributed by atoms with E-state index in [1.807, 2.05) is 11.8 Å². The molecule has 0 fully saturated rings. The van der Waals surface area contributed by atoms with Crippen molar-refractivity contribution in [3.05, 3.63) is 59.2 Å². The SMILES string of the molecule is CC(C)Cc1ccc2c(c1)Cc1ccccc1S2. The first-order chi connectivity index (χ1) is 8.72. The Hall–Kier alpha value is -1.21. The van der Waals surface area contributed by atoms with Crippen LogP contribution in [0.2, 0.25) is 0 Å². The lowest BCUT2D eigenvalue weighted by Crippen LogP contribution is -2.01. The third kappa shape index (κ3) is 2.32. The minimum absolute atomic E-state index is 0.728. The third-order valence-electron chi connectivity index (χ3n) is 3.34. The maximum Gasteiger partial charge on any atom is 0.0158 e. The topological polar surface area (TPSA) is 0 Å². The van der Waals surface area contributed by atoms with Gasteiger partial charge in [0.15, 0.2) is 0 Å². The fourth-order valence-corrected chi connectivity index (χ4v) is 3.60. The summed E-state index contributed by atoms with van der Waals surface area (Å²) in [4.78, 5) is 2.85. The highest BCUT2D eigenvalue weighted by Gasteiger charge is 2.15. The molecule has 1 aliphatic heterocycles. The average Bonchev–Trinajstić information content (AvgIpc) is 2.35. The van der Waals surface area contributed by atoms with Crippen molar-refractivity contribution < 1.29 is 0 Å². The Morgan fingerprint density at radius 1 is 1.00 bits per heavy atom. The molecular weight excluding hydrogens is 236 g/mol. The Labute approximate surface area is 113 Å². The van der Waals surface area contributed by atoms with Crippen LogP contribution in [0, 0.1) is 5.92 Å². The van der Waals surface area contributed by atoms with Gasteiger partial charge < -0.3 is 0 Å². The summed E-state index contributed by atoms with van der Waals surface area (Å²) in [5.41, 5.74) is 4.44. The average molecular weight is 254 g/mol. The van der Waals surface area contributed by atoms with Crippen molar-refractivity contribution in [3.8, 4) is 0 Å². The van der Waals surface area contributed by atoms with E-state index >= 15 is 0 Å². The number of rotatable bonds is 2. The summed E-state index contributed by atoms with van der Waals surface area (Å²) < 4.78 is 0. The fraction of sp³-hybridized carbons (Fsp3) is 0.294. The second-order valence-electron chi connectivity index (χ2n) is 5.43. The van der Waals surface area contributed by atoms with E-state index in [9.17, 15) is 0 Å². The summed E-state index contributed by atoms with van der Waals surface area (Å²) in [5.74, 6) is 0.728. The second-order valence-corrected chi connectivity index (χ2v) is 6.51. The minimum atomic E-state index is 0.728. The van der Waals surface area contributed by atoms with Crippen molar-refractivity contribution in [1.82, 2.24) is 0 Å². The zero-order chi connectivity index (χ0) is 12.5. The molecule has 0 aliphatic carbocycles. The molecule has 2 aromatic rings. The van der Waals surface area contributed by atoms with Gasteiger partial charge in [-0.3, -0.25) is 0 Å². The first-order valence-corrected chi connectivity index (χ1v) is 7.41. The van der Waals surface area contributed by atoms with Gasteiger partial charge in [-0.05, 0) is 47.6 Å². The molecule has 0 nitrogen and oxygen atoms in total. The Morgan fingerprint density at radius 2 is 1.78 bits per heavy atom. The third-order valence-corrected chi connectivity index (χ3v) is 4.58. The van der Waals surface area contributed by atoms with Crippen LogP contribution in [0.3, 0.4) is 0 Å². The van der Waals surface area contributed by atoms with E-state index in [4.69, 9.17) is 0 Å². The summed E-state index contributed by atoms with van der Waals surface area (Å²) in [6, 6.07) is 15.7. The van der Waals surface area contributed by atoms with E-state index in [0.717, 1.165) is 12.3 Å². The summed E-state index contributed by atoms with van der Waals surface area (Å²) in [6.07, 6.45) is 2.27. The molecule has 0 aromatic heterocycles. The molecule has 0 amide bonds. The quantitative estimate of drug-likeness (QED) is 0.624. The highest BCUT2D eigenvalue weighted by atomic mass is 32.2. The van der Waals surface area contributed by atoms with Gasteiger partial charge in [-0.15, -0.1) is 0 Å². The lowest BCUT2D eigenvalue weighted by molar-refractivity contribution is 0.646. The van der Waals surface area contributed by atoms with Crippen LogP contribution in [0.5, 0.6) is 0 Å². The first-order valence-electron chi connectivity index (χ1n) is 6.60. The van der Waals surface area contributed by atoms with Gasteiger partial charge >= 0.3 is 0 Å². The lowest BCUT2D eigenvalue weighted by atomic mass is 9.97. The highest BCUT2D eigenvalue weighted by Crippen LogP contribution is 2.39. The van der Waals surface area contributed by atoms with Crippen LogP contribution in [-0.2, 0) is 12.8 Å². The number of hydrogen-bond acceptors (Lipinski definition) is 1. The fourth-order valence-electron chi connectivity index (χ4n) is 2.54. The van der Waals surface area contributed by atoms with Crippen molar-refractivity contribution >= 4 is 11.8 Å². The van der Waals surface area contributed by atoms with Crippen molar-refractivity contribution in [3.63, 3.8) is 0 Å². The Morgan fingerprint density at radius 3 is 2.61 bits per heavy atom. The van der Waals surface area contributed by atoms with E-state index in [-0.39, 0.29) is 0 Å². The Bertz CT molecular complexity index is 570.